The second-order valence-corrected chi connectivity index (χ2v) is 2.91. The first-order valence-electron chi connectivity index (χ1n) is 4.55. The highest BCUT2D eigenvalue weighted by Crippen LogP contribution is 2.21. The Bertz CT molecular complexity index is 458. The SMILES string of the molecule is COC(=O)c1ccc(C=CC#N)cc1OC. The van der Waals surface area contributed by atoms with Crippen molar-refractivity contribution in [1.29, 1.82) is 5.26 Å². The molecule has 0 heterocycles. The minimum Gasteiger partial charge on any atom is -0.496 e. The molecule has 0 saturated heterocycles. The van der Waals surface area contributed by atoms with Crippen molar-refractivity contribution >= 4 is 12.0 Å². The molecule has 0 bridgehead atoms. The predicted octanol–water partition coefficient (Wildman–Crippen LogP) is 2.02. The zero-order valence-electron chi connectivity index (χ0n) is 9.06. The number of hydrogen-bond donors (Lipinski definition) is 0. The van der Waals surface area contributed by atoms with Crippen molar-refractivity contribution in [1.82, 2.24) is 0 Å². The molecule has 82 valence electrons. The van der Waals surface area contributed by atoms with Gasteiger partial charge in [-0.2, -0.15) is 5.26 Å². The van der Waals surface area contributed by atoms with E-state index < -0.39 is 5.97 Å². The Morgan fingerprint density at radius 3 is 2.75 bits per heavy atom. The zero-order chi connectivity index (χ0) is 12.0. The summed E-state index contributed by atoms with van der Waals surface area (Å²) in [5, 5.41) is 8.39. The molecule has 0 atom stereocenters. The smallest absolute Gasteiger partial charge is 0.341 e. The minimum atomic E-state index is -0.451. The van der Waals surface area contributed by atoms with Crippen LogP contribution in [0.3, 0.4) is 0 Å². The van der Waals surface area contributed by atoms with Gasteiger partial charge in [-0.25, -0.2) is 4.79 Å². The van der Waals surface area contributed by atoms with Crippen LogP contribution in [0.1, 0.15) is 15.9 Å². The summed E-state index contributed by atoms with van der Waals surface area (Å²) < 4.78 is 9.68. The molecule has 1 aromatic carbocycles. The lowest BCUT2D eigenvalue weighted by Gasteiger charge is -2.07. The van der Waals surface area contributed by atoms with Crippen molar-refractivity contribution < 1.29 is 14.3 Å². The van der Waals surface area contributed by atoms with Crippen LogP contribution in [0, 0.1) is 11.3 Å². The molecule has 0 saturated carbocycles. The molecule has 16 heavy (non-hydrogen) atoms. The molecule has 0 spiro atoms. The summed E-state index contributed by atoms with van der Waals surface area (Å²) in [6, 6.07) is 6.87. The number of allylic oxidation sites excluding steroid dienone is 1. The summed E-state index contributed by atoms with van der Waals surface area (Å²) in [5.41, 5.74) is 1.14. The molecular weight excluding hydrogens is 206 g/mol. The molecule has 0 N–H and O–H groups in total. The van der Waals surface area contributed by atoms with E-state index in [1.54, 1.807) is 24.3 Å². The average molecular weight is 217 g/mol. The summed E-state index contributed by atoms with van der Waals surface area (Å²) in [7, 11) is 2.78. The molecule has 1 rings (SSSR count). The first-order chi connectivity index (χ1) is 7.72. The summed E-state index contributed by atoms with van der Waals surface area (Å²) in [6.45, 7) is 0. The van der Waals surface area contributed by atoms with Crippen LogP contribution in [0.5, 0.6) is 5.75 Å². The molecular formula is C12H11NO3. The number of esters is 1. The Kier molecular flexibility index (Phi) is 4.10. The van der Waals surface area contributed by atoms with Gasteiger partial charge in [0, 0.05) is 6.08 Å². The van der Waals surface area contributed by atoms with E-state index in [1.165, 1.54) is 20.3 Å². The van der Waals surface area contributed by atoms with Crippen molar-refractivity contribution in [2.45, 2.75) is 0 Å². The normalized spacial score (nSPS) is 9.81. The molecule has 0 radical (unpaired) electrons. The van der Waals surface area contributed by atoms with Gasteiger partial charge in [0.2, 0.25) is 0 Å². The molecule has 0 aliphatic heterocycles. The largest absolute Gasteiger partial charge is 0.496 e. The fraction of sp³-hybridized carbons (Fsp3) is 0.167. The Balaban J connectivity index is 3.12. The van der Waals surface area contributed by atoms with E-state index in [2.05, 4.69) is 4.74 Å². The third-order valence-electron chi connectivity index (χ3n) is 1.98. The van der Waals surface area contributed by atoms with Gasteiger partial charge in [-0.15, -0.1) is 0 Å². The lowest BCUT2D eigenvalue weighted by atomic mass is 10.1. The van der Waals surface area contributed by atoms with Crippen molar-refractivity contribution in [2.24, 2.45) is 0 Å². The number of methoxy groups -OCH3 is 2. The summed E-state index contributed by atoms with van der Waals surface area (Å²) in [6.07, 6.45) is 2.98. The van der Waals surface area contributed by atoms with Crippen molar-refractivity contribution in [3.8, 4) is 11.8 Å². The van der Waals surface area contributed by atoms with Gasteiger partial charge in [0.25, 0.3) is 0 Å². The maximum atomic E-state index is 11.3. The molecule has 0 unspecified atom stereocenters. The number of hydrogen-bond acceptors (Lipinski definition) is 4. The molecule has 0 aliphatic carbocycles. The van der Waals surface area contributed by atoms with Gasteiger partial charge in [0.1, 0.15) is 11.3 Å². The third-order valence-corrected chi connectivity index (χ3v) is 1.98. The van der Waals surface area contributed by atoms with E-state index in [9.17, 15) is 4.79 Å². The number of carbonyl (C=O) groups is 1. The second kappa shape index (κ2) is 5.56. The summed E-state index contributed by atoms with van der Waals surface area (Å²) in [4.78, 5) is 11.3. The first kappa shape index (κ1) is 11.8. The Labute approximate surface area is 93.7 Å². The van der Waals surface area contributed by atoms with Crippen LogP contribution in [-0.4, -0.2) is 20.2 Å². The molecule has 0 aromatic heterocycles. The number of carbonyl (C=O) groups excluding carboxylic acids is 1. The molecule has 4 heteroatoms. The Hall–Kier alpha value is -2.28. The fourth-order valence-electron chi connectivity index (χ4n) is 1.22. The molecule has 0 fully saturated rings. The lowest BCUT2D eigenvalue weighted by molar-refractivity contribution is 0.0597. The van der Waals surface area contributed by atoms with E-state index in [1.807, 2.05) is 6.07 Å². The third kappa shape index (κ3) is 2.61. The maximum absolute atomic E-state index is 11.3. The van der Waals surface area contributed by atoms with Crippen LogP contribution in [0.2, 0.25) is 0 Å². The maximum Gasteiger partial charge on any atom is 0.341 e. The van der Waals surface area contributed by atoms with Crippen LogP contribution in [0.25, 0.3) is 6.08 Å². The van der Waals surface area contributed by atoms with Gasteiger partial charge in [0.05, 0.1) is 20.3 Å². The number of rotatable bonds is 3. The number of benzene rings is 1. The Morgan fingerprint density at radius 2 is 2.19 bits per heavy atom. The Morgan fingerprint density at radius 1 is 1.44 bits per heavy atom. The van der Waals surface area contributed by atoms with Gasteiger partial charge in [-0.3, -0.25) is 0 Å². The number of nitriles is 1. The zero-order valence-corrected chi connectivity index (χ0v) is 9.06. The van der Waals surface area contributed by atoms with Gasteiger partial charge < -0.3 is 9.47 Å². The van der Waals surface area contributed by atoms with Gasteiger partial charge in [-0.1, -0.05) is 6.07 Å². The van der Waals surface area contributed by atoms with Crippen molar-refractivity contribution in [2.75, 3.05) is 14.2 Å². The molecule has 0 amide bonds. The van der Waals surface area contributed by atoms with Crippen molar-refractivity contribution in [3.05, 3.63) is 35.4 Å². The van der Waals surface area contributed by atoms with Crippen LogP contribution in [0.15, 0.2) is 24.3 Å². The second-order valence-electron chi connectivity index (χ2n) is 2.91. The predicted molar refractivity (Wildman–Crippen MR) is 59.0 cm³/mol. The van der Waals surface area contributed by atoms with Gasteiger partial charge in [-0.05, 0) is 23.8 Å². The fourth-order valence-corrected chi connectivity index (χ4v) is 1.22. The molecule has 0 aliphatic rings. The highest BCUT2D eigenvalue weighted by atomic mass is 16.5. The van der Waals surface area contributed by atoms with Crippen LogP contribution >= 0.6 is 0 Å². The topological polar surface area (TPSA) is 59.3 Å². The average Bonchev–Trinajstić information content (AvgIpc) is 2.34. The van der Waals surface area contributed by atoms with Gasteiger partial charge >= 0.3 is 5.97 Å². The molecule has 4 nitrogen and oxygen atoms in total. The van der Waals surface area contributed by atoms with E-state index in [-0.39, 0.29) is 0 Å². The number of nitrogens with zero attached hydrogens (tertiary/aromatic N) is 1. The van der Waals surface area contributed by atoms with E-state index >= 15 is 0 Å². The van der Waals surface area contributed by atoms with E-state index in [0.29, 0.717) is 11.3 Å². The highest BCUT2D eigenvalue weighted by molar-refractivity contribution is 5.92. The monoisotopic (exact) mass is 217 g/mol. The first-order valence-corrected chi connectivity index (χ1v) is 4.55. The standard InChI is InChI=1S/C12H11NO3/c1-15-11-8-9(4-3-7-13)5-6-10(11)12(14)16-2/h3-6,8H,1-2H3. The van der Waals surface area contributed by atoms with Gasteiger partial charge in [0.15, 0.2) is 0 Å². The van der Waals surface area contributed by atoms with Crippen molar-refractivity contribution in [3.63, 3.8) is 0 Å². The lowest BCUT2D eigenvalue weighted by Crippen LogP contribution is -2.03. The van der Waals surface area contributed by atoms with Crippen LogP contribution in [0.4, 0.5) is 0 Å². The van der Waals surface area contributed by atoms with Crippen LogP contribution in [-0.2, 0) is 4.74 Å². The highest BCUT2D eigenvalue weighted by Gasteiger charge is 2.12. The number of ether oxygens (including phenoxy) is 2. The molecule has 1 aromatic rings. The van der Waals surface area contributed by atoms with E-state index in [4.69, 9.17) is 10.00 Å². The quantitative estimate of drug-likeness (QED) is 0.574. The van der Waals surface area contributed by atoms with Crippen LogP contribution < -0.4 is 4.74 Å². The summed E-state index contributed by atoms with van der Waals surface area (Å²) >= 11 is 0. The minimum absolute atomic E-state index is 0.360. The summed E-state index contributed by atoms with van der Waals surface area (Å²) in [5.74, 6) is -0.0281. The van der Waals surface area contributed by atoms with E-state index in [0.717, 1.165) is 5.56 Å².